The summed E-state index contributed by atoms with van der Waals surface area (Å²) in [6.07, 6.45) is 1.41. The Morgan fingerprint density at radius 3 is 2.56 bits per heavy atom. The Labute approximate surface area is 186 Å². The van der Waals surface area contributed by atoms with Crippen molar-refractivity contribution in [3.63, 3.8) is 0 Å². The van der Waals surface area contributed by atoms with Crippen LogP contribution in [0.5, 0.6) is 11.5 Å². The molecule has 0 radical (unpaired) electrons. The largest absolute Gasteiger partial charge is 0.493 e. The number of carbonyl (C=O) groups excluding carboxylic acids is 2. The fraction of sp³-hybridized carbons (Fsp3) is 0.348. The molecule has 1 amide bonds. The number of aromatic nitrogens is 4. The standard InChI is InChI=1S/C23H27N5O4/c1-13(2)16-8-7-9-17(12-16)22-26-21(27-28(22)5)14(3)25-23(30)19-20(32-15(4)29)18(31-6)10-11-24-19/h7-14H,1-6H3,(H,25,30)/t14-/m0/s1. The molecular formula is C23H27N5O4. The molecule has 0 saturated carbocycles. The van der Waals surface area contributed by atoms with Crippen molar-refractivity contribution in [3.05, 3.63) is 53.6 Å². The predicted octanol–water partition coefficient (Wildman–Crippen LogP) is 3.43. The highest BCUT2D eigenvalue weighted by atomic mass is 16.6. The number of hydrogen-bond acceptors (Lipinski definition) is 7. The van der Waals surface area contributed by atoms with Crippen LogP contribution in [-0.4, -0.2) is 38.7 Å². The summed E-state index contributed by atoms with van der Waals surface area (Å²) in [7, 11) is 3.23. The van der Waals surface area contributed by atoms with Crippen LogP contribution in [0.2, 0.25) is 0 Å². The molecule has 3 aromatic rings. The minimum absolute atomic E-state index is 0.0348. The predicted molar refractivity (Wildman–Crippen MR) is 119 cm³/mol. The maximum Gasteiger partial charge on any atom is 0.308 e. The highest BCUT2D eigenvalue weighted by molar-refractivity contribution is 5.96. The molecule has 9 heteroatoms. The summed E-state index contributed by atoms with van der Waals surface area (Å²) in [4.78, 5) is 33.1. The van der Waals surface area contributed by atoms with Gasteiger partial charge in [-0.1, -0.05) is 32.0 Å². The van der Waals surface area contributed by atoms with Crippen LogP contribution in [0.3, 0.4) is 0 Å². The van der Waals surface area contributed by atoms with Gasteiger partial charge in [0, 0.05) is 31.8 Å². The fourth-order valence-corrected chi connectivity index (χ4v) is 3.20. The molecule has 1 atom stereocenters. The van der Waals surface area contributed by atoms with Gasteiger partial charge in [0.05, 0.1) is 13.2 Å². The summed E-state index contributed by atoms with van der Waals surface area (Å²) in [5.74, 6) is 0.610. The average molecular weight is 438 g/mol. The second kappa shape index (κ2) is 9.59. The molecule has 3 rings (SSSR count). The van der Waals surface area contributed by atoms with Gasteiger partial charge in [-0.2, -0.15) is 5.10 Å². The summed E-state index contributed by atoms with van der Waals surface area (Å²) < 4.78 is 12.0. The maximum atomic E-state index is 12.9. The maximum absolute atomic E-state index is 12.9. The number of nitrogens with one attached hydrogen (secondary N) is 1. The van der Waals surface area contributed by atoms with E-state index in [0.29, 0.717) is 17.6 Å². The summed E-state index contributed by atoms with van der Waals surface area (Å²) in [5.41, 5.74) is 2.09. The Balaban J connectivity index is 1.85. The van der Waals surface area contributed by atoms with E-state index in [0.717, 1.165) is 5.56 Å². The monoisotopic (exact) mass is 437 g/mol. The molecule has 0 spiro atoms. The lowest BCUT2D eigenvalue weighted by molar-refractivity contribution is -0.132. The molecule has 0 fully saturated rings. The van der Waals surface area contributed by atoms with E-state index in [4.69, 9.17) is 9.47 Å². The molecule has 0 unspecified atom stereocenters. The van der Waals surface area contributed by atoms with Crippen molar-refractivity contribution in [3.8, 4) is 22.9 Å². The zero-order valence-electron chi connectivity index (χ0n) is 19.0. The Morgan fingerprint density at radius 2 is 1.91 bits per heavy atom. The summed E-state index contributed by atoms with van der Waals surface area (Å²) in [5, 5.41) is 7.29. The smallest absolute Gasteiger partial charge is 0.308 e. The van der Waals surface area contributed by atoms with E-state index >= 15 is 0 Å². The zero-order chi connectivity index (χ0) is 23.4. The van der Waals surface area contributed by atoms with Crippen molar-refractivity contribution in [1.29, 1.82) is 0 Å². The molecule has 1 aromatic carbocycles. The summed E-state index contributed by atoms with van der Waals surface area (Å²) in [6.45, 7) is 7.28. The summed E-state index contributed by atoms with van der Waals surface area (Å²) in [6, 6.07) is 9.14. The van der Waals surface area contributed by atoms with Gasteiger partial charge in [0.15, 0.2) is 23.1 Å². The van der Waals surface area contributed by atoms with Gasteiger partial charge < -0.3 is 14.8 Å². The van der Waals surface area contributed by atoms with Crippen molar-refractivity contribution < 1.29 is 19.1 Å². The molecule has 0 saturated heterocycles. The second-order valence-electron chi connectivity index (χ2n) is 7.68. The first-order chi connectivity index (χ1) is 15.2. The Hall–Kier alpha value is -3.75. The first-order valence-electron chi connectivity index (χ1n) is 10.2. The third kappa shape index (κ3) is 4.93. The van der Waals surface area contributed by atoms with E-state index in [9.17, 15) is 9.59 Å². The van der Waals surface area contributed by atoms with Crippen LogP contribution < -0.4 is 14.8 Å². The number of nitrogens with zero attached hydrogens (tertiary/aromatic N) is 4. The fourth-order valence-electron chi connectivity index (χ4n) is 3.20. The van der Waals surface area contributed by atoms with Gasteiger partial charge in [0.1, 0.15) is 0 Å². The van der Waals surface area contributed by atoms with Crippen molar-refractivity contribution in [2.75, 3.05) is 7.11 Å². The molecule has 2 aromatic heterocycles. The van der Waals surface area contributed by atoms with Gasteiger partial charge in [-0.15, -0.1) is 0 Å². The van der Waals surface area contributed by atoms with E-state index in [-0.39, 0.29) is 17.2 Å². The third-order valence-corrected chi connectivity index (χ3v) is 4.88. The third-order valence-electron chi connectivity index (χ3n) is 4.88. The molecular weight excluding hydrogens is 410 g/mol. The van der Waals surface area contributed by atoms with Crippen LogP contribution in [-0.2, 0) is 11.8 Å². The average Bonchev–Trinajstić information content (AvgIpc) is 3.15. The van der Waals surface area contributed by atoms with Crippen LogP contribution in [0.25, 0.3) is 11.4 Å². The molecule has 1 N–H and O–H groups in total. The van der Waals surface area contributed by atoms with E-state index in [1.165, 1.54) is 31.9 Å². The van der Waals surface area contributed by atoms with Gasteiger partial charge in [-0.05, 0) is 24.5 Å². The van der Waals surface area contributed by atoms with Gasteiger partial charge in [0.25, 0.3) is 5.91 Å². The number of methoxy groups -OCH3 is 1. The zero-order valence-corrected chi connectivity index (χ0v) is 19.0. The van der Waals surface area contributed by atoms with E-state index in [1.54, 1.807) is 11.6 Å². The van der Waals surface area contributed by atoms with Crippen LogP contribution >= 0.6 is 0 Å². The number of esters is 1. The number of hydrogen-bond donors (Lipinski definition) is 1. The molecule has 0 aliphatic carbocycles. The second-order valence-corrected chi connectivity index (χ2v) is 7.68. The topological polar surface area (TPSA) is 108 Å². The van der Waals surface area contributed by atoms with E-state index in [2.05, 4.69) is 46.4 Å². The van der Waals surface area contributed by atoms with Gasteiger partial charge in [-0.25, -0.2) is 14.6 Å². The summed E-state index contributed by atoms with van der Waals surface area (Å²) >= 11 is 0. The molecule has 9 nitrogen and oxygen atoms in total. The number of ether oxygens (including phenoxy) is 2. The molecule has 0 aliphatic rings. The van der Waals surface area contributed by atoms with Crippen molar-refractivity contribution in [2.45, 2.75) is 39.7 Å². The van der Waals surface area contributed by atoms with Crippen molar-refractivity contribution in [2.24, 2.45) is 7.05 Å². The number of rotatable bonds is 7. The van der Waals surface area contributed by atoms with Crippen LogP contribution in [0.1, 0.15) is 61.5 Å². The minimum Gasteiger partial charge on any atom is -0.493 e. The number of benzene rings is 1. The number of aryl methyl sites for hydroxylation is 1. The van der Waals surface area contributed by atoms with Crippen LogP contribution in [0, 0.1) is 0 Å². The SMILES string of the molecule is COc1ccnc(C(=O)N[C@@H](C)c2nc(-c3cccc(C(C)C)c3)n(C)n2)c1OC(C)=O. The van der Waals surface area contributed by atoms with Crippen LogP contribution in [0.15, 0.2) is 36.5 Å². The number of pyridine rings is 1. The molecule has 168 valence electrons. The molecule has 2 heterocycles. The Kier molecular flexibility index (Phi) is 6.87. The van der Waals surface area contributed by atoms with Gasteiger partial charge >= 0.3 is 5.97 Å². The molecule has 0 aliphatic heterocycles. The van der Waals surface area contributed by atoms with Crippen LogP contribution in [0.4, 0.5) is 0 Å². The van der Waals surface area contributed by atoms with E-state index in [1.807, 2.05) is 19.2 Å². The van der Waals surface area contributed by atoms with Gasteiger partial charge in [-0.3, -0.25) is 9.59 Å². The van der Waals surface area contributed by atoms with Crippen molar-refractivity contribution in [1.82, 2.24) is 25.1 Å². The normalized spacial score (nSPS) is 11.8. The van der Waals surface area contributed by atoms with Gasteiger partial charge in [0.2, 0.25) is 5.75 Å². The van der Waals surface area contributed by atoms with E-state index < -0.39 is 17.9 Å². The molecule has 32 heavy (non-hydrogen) atoms. The Morgan fingerprint density at radius 1 is 1.16 bits per heavy atom. The lowest BCUT2D eigenvalue weighted by atomic mass is 10.0. The number of carbonyl (C=O) groups is 2. The lowest BCUT2D eigenvalue weighted by Gasteiger charge is -2.14. The molecule has 0 bridgehead atoms. The highest BCUT2D eigenvalue weighted by Gasteiger charge is 2.24. The van der Waals surface area contributed by atoms with Crippen molar-refractivity contribution >= 4 is 11.9 Å². The lowest BCUT2D eigenvalue weighted by Crippen LogP contribution is -2.29. The first-order valence-corrected chi connectivity index (χ1v) is 10.2. The quantitative estimate of drug-likeness (QED) is 0.564. The highest BCUT2D eigenvalue weighted by Crippen LogP contribution is 2.30. The first kappa shape index (κ1) is 22.9. The number of amides is 1. The Bertz CT molecular complexity index is 1140. The minimum atomic E-state index is -0.585.